The van der Waals surface area contributed by atoms with Gasteiger partial charge in [0.1, 0.15) is 5.75 Å². The molecular weight excluding hydrogens is 452 g/mol. The second kappa shape index (κ2) is 12.5. The van der Waals surface area contributed by atoms with E-state index in [1.165, 1.54) is 5.56 Å². The molecule has 0 N–H and O–H groups in total. The van der Waals surface area contributed by atoms with Gasteiger partial charge < -0.3 is 19.1 Å². The van der Waals surface area contributed by atoms with Gasteiger partial charge in [0.05, 0.1) is 21.3 Å². The molecule has 3 aromatic rings. The van der Waals surface area contributed by atoms with Gasteiger partial charge in [0.25, 0.3) is 5.91 Å². The highest BCUT2D eigenvalue weighted by atomic mass is 16.5. The van der Waals surface area contributed by atoms with Crippen molar-refractivity contribution in [2.45, 2.75) is 38.8 Å². The quantitative estimate of drug-likeness (QED) is 0.430. The first-order chi connectivity index (χ1) is 17.6. The maximum absolute atomic E-state index is 13.7. The number of carbonyl (C=O) groups excluding carboxylic acids is 1. The maximum Gasteiger partial charge on any atom is 0.258 e. The van der Waals surface area contributed by atoms with E-state index >= 15 is 0 Å². The number of para-hydroxylation sites is 1. The second-order valence-electron chi connectivity index (χ2n) is 9.13. The summed E-state index contributed by atoms with van der Waals surface area (Å²) in [5.41, 5.74) is 3.94. The van der Waals surface area contributed by atoms with Crippen LogP contribution in [0.3, 0.4) is 0 Å². The van der Waals surface area contributed by atoms with E-state index in [0.29, 0.717) is 17.9 Å². The predicted molar refractivity (Wildman–Crippen MR) is 143 cm³/mol. The van der Waals surface area contributed by atoms with E-state index in [1.54, 1.807) is 21.3 Å². The standard InChI is InChI=1S/C30H36N2O4/c1-34-26-13-10-12-24(20-26)30(33)32-18-9-5-4-8-17-31(22-25-11-6-7-14-27(25)32)21-23-15-16-28(35-2)29(19-23)36-3/h6-7,10-16,19-20H,4-5,8-9,17-18,21-22H2,1-3H3. The van der Waals surface area contributed by atoms with Crippen molar-refractivity contribution in [1.29, 1.82) is 0 Å². The number of anilines is 1. The minimum atomic E-state index is 0.00652. The normalized spacial score (nSPS) is 14.9. The summed E-state index contributed by atoms with van der Waals surface area (Å²) >= 11 is 0. The molecule has 4 rings (SSSR count). The highest BCUT2D eigenvalue weighted by Crippen LogP contribution is 2.30. The molecule has 0 atom stereocenters. The minimum Gasteiger partial charge on any atom is -0.497 e. The van der Waals surface area contributed by atoms with Gasteiger partial charge in [-0.1, -0.05) is 43.2 Å². The van der Waals surface area contributed by atoms with Crippen LogP contribution in [0.15, 0.2) is 66.7 Å². The lowest BCUT2D eigenvalue weighted by atomic mass is 10.1. The molecule has 1 aliphatic rings. The van der Waals surface area contributed by atoms with E-state index in [-0.39, 0.29) is 5.91 Å². The van der Waals surface area contributed by atoms with Crippen molar-refractivity contribution in [2.24, 2.45) is 0 Å². The number of ether oxygens (including phenoxy) is 3. The molecule has 0 aliphatic carbocycles. The molecular formula is C30H36N2O4. The molecule has 6 nitrogen and oxygen atoms in total. The van der Waals surface area contributed by atoms with Crippen LogP contribution in [0, 0.1) is 0 Å². The second-order valence-corrected chi connectivity index (χ2v) is 9.13. The minimum absolute atomic E-state index is 0.00652. The van der Waals surface area contributed by atoms with Gasteiger partial charge in [0, 0.05) is 30.9 Å². The van der Waals surface area contributed by atoms with Gasteiger partial charge in [-0.3, -0.25) is 9.69 Å². The number of amides is 1. The summed E-state index contributed by atoms with van der Waals surface area (Å²) in [5, 5.41) is 0. The van der Waals surface area contributed by atoms with Gasteiger partial charge in [0.15, 0.2) is 11.5 Å². The Hall–Kier alpha value is -3.51. The van der Waals surface area contributed by atoms with Gasteiger partial charge >= 0.3 is 0 Å². The smallest absolute Gasteiger partial charge is 0.258 e. The highest BCUT2D eigenvalue weighted by Gasteiger charge is 2.22. The number of rotatable bonds is 6. The molecule has 0 fully saturated rings. The molecule has 6 heteroatoms. The summed E-state index contributed by atoms with van der Waals surface area (Å²) in [6.45, 7) is 3.24. The fourth-order valence-electron chi connectivity index (χ4n) is 4.80. The van der Waals surface area contributed by atoms with Crippen LogP contribution in [0.1, 0.15) is 47.2 Å². The molecule has 0 bridgehead atoms. The Morgan fingerprint density at radius 3 is 2.33 bits per heavy atom. The zero-order chi connectivity index (χ0) is 25.3. The van der Waals surface area contributed by atoms with Crippen molar-refractivity contribution in [3.8, 4) is 17.2 Å². The highest BCUT2D eigenvalue weighted by molar-refractivity contribution is 6.06. The molecule has 36 heavy (non-hydrogen) atoms. The van der Waals surface area contributed by atoms with Gasteiger partial charge in [-0.05, 0) is 66.9 Å². The SMILES string of the molecule is COc1cccc(C(=O)N2CCCCCCN(Cc3ccc(OC)c(OC)c3)Cc3ccccc32)c1. The summed E-state index contributed by atoms with van der Waals surface area (Å²) in [7, 11) is 4.94. The summed E-state index contributed by atoms with van der Waals surface area (Å²) in [5.74, 6) is 2.17. The van der Waals surface area contributed by atoms with E-state index in [0.717, 1.165) is 68.1 Å². The molecule has 0 radical (unpaired) electrons. The zero-order valence-electron chi connectivity index (χ0n) is 21.5. The Balaban J connectivity index is 1.63. The van der Waals surface area contributed by atoms with E-state index in [4.69, 9.17) is 14.2 Å². The number of hydrogen-bond acceptors (Lipinski definition) is 5. The average Bonchev–Trinajstić information content (AvgIpc) is 2.96. The van der Waals surface area contributed by atoms with Crippen LogP contribution in [0.5, 0.6) is 17.2 Å². The molecule has 1 heterocycles. The number of benzene rings is 3. The van der Waals surface area contributed by atoms with Gasteiger partial charge in [-0.15, -0.1) is 0 Å². The molecule has 0 spiro atoms. The number of hydrogen-bond donors (Lipinski definition) is 0. The van der Waals surface area contributed by atoms with Gasteiger partial charge in [0.2, 0.25) is 0 Å². The first kappa shape index (κ1) is 25.6. The first-order valence-corrected chi connectivity index (χ1v) is 12.6. The van der Waals surface area contributed by atoms with Crippen LogP contribution in [-0.4, -0.2) is 45.2 Å². The van der Waals surface area contributed by atoms with Crippen molar-refractivity contribution < 1.29 is 19.0 Å². The van der Waals surface area contributed by atoms with Crippen LogP contribution in [0.25, 0.3) is 0 Å². The number of fused-ring (bicyclic) bond motifs is 1. The summed E-state index contributed by atoms with van der Waals surface area (Å²) in [6, 6.07) is 21.8. The molecule has 0 saturated carbocycles. The van der Waals surface area contributed by atoms with Crippen molar-refractivity contribution in [2.75, 3.05) is 39.3 Å². The van der Waals surface area contributed by atoms with Crippen LogP contribution >= 0.6 is 0 Å². The molecule has 0 unspecified atom stereocenters. The molecule has 1 aliphatic heterocycles. The van der Waals surface area contributed by atoms with Crippen molar-refractivity contribution in [3.05, 3.63) is 83.4 Å². The number of nitrogens with zero attached hydrogens (tertiary/aromatic N) is 2. The van der Waals surface area contributed by atoms with E-state index in [2.05, 4.69) is 35.2 Å². The fraction of sp³-hybridized carbons (Fsp3) is 0.367. The number of carbonyl (C=O) groups is 1. The Morgan fingerprint density at radius 2 is 1.56 bits per heavy atom. The summed E-state index contributed by atoms with van der Waals surface area (Å²) in [4.78, 5) is 18.1. The van der Waals surface area contributed by atoms with Crippen LogP contribution < -0.4 is 19.1 Å². The lowest BCUT2D eigenvalue weighted by Gasteiger charge is -2.28. The van der Waals surface area contributed by atoms with E-state index in [9.17, 15) is 4.79 Å². The third kappa shape index (κ3) is 6.18. The first-order valence-electron chi connectivity index (χ1n) is 12.6. The number of methoxy groups -OCH3 is 3. The van der Waals surface area contributed by atoms with Crippen molar-refractivity contribution in [3.63, 3.8) is 0 Å². The van der Waals surface area contributed by atoms with E-state index in [1.807, 2.05) is 41.3 Å². The Labute approximate surface area is 214 Å². The zero-order valence-corrected chi connectivity index (χ0v) is 21.5. The average molecular weight is 489 g/mol. The molecule has 190 valence electrons. The van der Waals surface area contributed by atoms with E-state index < -0.39 is 0 Å². The fourth-order valence-corrected chi connectivity index (χ4v) is 4.80. The van der Waals surface area contributed by atoms with Crippen molar-refractivity contribution >= 4 is 11.6 Å². The topological polar surface area (TPSA) is 51.2 Å². The Kier molecular flexibility index (Phi) is 8.85. The van der Waals surface area contributed by atoms with Crippen LogP contribution in [0.4, 0.5) is 5.69 Å². The maximum atomic E-state index is 13.7. The molecule has 3 aromatic carbocycles. The van der Waals surface area contributed by atoms with Gasteiger partial charge in [-0.25, -0.2) is 0 Å². The largest absolute Gasteiger partial charge is 0.497 e. The monoisotopic (exact) mass is 488 g/mol. The van der Waals surface area contributed by atoms with Crippen LogP contribution in [-0.2, 0) is 13.1 Å². The lowest BCUT2D eigenvalue weighted by molar-refractivity contribution is 0.0986. The van der Waals surface area contributed by atoms with Gasteiger partial charge in [-0.2, -0.15) is 0 Å². The third-order valence-corrected chi connectivity index (χ3v) is 6.70. The lowest BCUT2D eigenvalue weighted by Crippen LogP contribution is -2.33. The molecule has 0 aromatic heterocycles. The summed E-state index contributed by atoms with van der Waals surface area (Å²) in [6.07, 6.45) is 4.33. The predicted octanol–water partition coefficient (Wildman–Crippen LogP) is 5.94. The Bertz CT molecular complexity index is 1160. The molecule has 1 amide bonds. The molecule has 0 saturated heterocycles. The summed E-state index contributed by atoms with van der Waals surface area (Å²) < 4.78 is 16.3. The van der Waals surface area contributed by atoms with Crippen LogP contribution in [0.2, 0.25) is 0 Å². The van der Waals surface area contributed by atoms with Crippen molar-refractivity contribution in [1.82, 2.24) is 4.90 Å². The third-order valence-electron chi connectivity index (χ3n) is 6.70. The Morgan fingerprint density at radius 1 is 0.778 bits per heavy atom.